The highest BCUT2D eigenvalue weighted by molar-refractivity contribution is 7.84. The number of methoxy groups -OCH3 is 1. The number of hydrogen-bond acceptors (Lipinski definition) is 4. The van der Waals surface area contributed by atoms with Crippen molar-refractivity contribution in [3.8, 4) is 0 Å². The molecule has 1 aromatic carbocycles. The number of carbonyl (C=O) groups is 1. The molecule has 0 bridgehead atoms. The molecular formula is C16H18ClNO4S. The average Bonchev–Trinajstić information content (AvgIpc) is 3.00. The lowest BCUT2D eigenvalue weighted by Gasteiger charge is -2.03. The van der Waals surface area contributed by atoms with E-state index in [1.807, 2.05) is 0 Å². The average molecular weight is 356 g/mol. The third-order valence-corrected chi connectivity index (χ3v) is 4.59. The van der Waals surface area contributed by atoms with Crippen LogP contribution in [-0.2, 0) is 21.3 Å². The monoisotopic (exact) mass is 355 g/mol. The predicted molar refractivity (Wildman–Crippen MR) is 89.1 cm³/mol. The van der Waals surface area contributed by atoms with Crippen LogP contribution in [0.3, 0.4) is 0 Å². The van der Waals surface area contributed by atoms with Gasteiger partial charge in [-0.3, -0.25) is 9.00 Å². The van der Waals surface area contributed by atoms with E-state index in [-0.39, 0.29) is 17.4 Å². The molecule has 0 fully saturated rings. The Morgan fingerprint density at radius 3 is 2.91 bits per heavy atom. The summed E-state index contributed by atoms with van der Waals surface area (Å²) in [7, 11) is 0.333. The van der Waals surface area contributed by atoms with Crippen LogP contribution in [0.5, 0.6) is 0 Å². The minimum Gasteiger partial charge on any atom is -0.455 e. The fourth-order valence-corrected chi connectivity index (χ4v) is 3.23. The minimum atomic E-state index is -1.28. The Hall–Kier alpha value is -1.63. The fraction of sp³-hybridized carbons (Fsp3) is 0.312. The van der Waals surface area contributed by atoms with Crippen molar-refractivity contribution in [2.24, 2.45) is 0 Å². The maximum Gasteiger partial charge on any atom is 0.286 e. The van der Waals surface area contributed by atoms with Gasteiger partial charge in [0.15, 0.2) is 5.76 Å². The fourth-order valence-electron chi connectivity index (χ4n) is 1.90. The van der Waals surface area contributed by atoms with Crippen LogP contribution in [0, 0.1) is 0 Å². The molecule has 1 N–H and O–H groups in total. The van der Waals surface area contributed by atoms with Gasteiger partial charge in [0.25, 0.3) is 5.91 Å². The topological polar surface area (TPSA) is 68.5 Å². The molecule has 2 rings (SSSR count). The van der Waals surface area contributed by atoms with Crippen LogP contribution in [0.15, 0.2) is 45.7 Å². The molecule has 0 spiro atoms. The molecule has 1 unspecified atom stereocenters. The van der Waals surface area contributed by atoms with Gasteiger partial charge < -0.3 is 14.5 Å². The van der Waals surface area contributed by atoms with E-state index in [9.17, 15) is 9.00 Å². The third kappa shape index (κ3) is 5.49. The van der Waals surface area contributed by atoms with Gasteiger partial charge in [-0.1, -0.05) is 17.7 Å². The van der Waals surface area contributed by atoms with Gasteiger partial charge in [-0.2, -0.15) is 0 Å². The molecule has 5 nitrogen and oxygen atoms in total. The normalized spacial score (nSPS) is 12.1. The molecule has 1 heterocycles. The van der Waals surface area contributed by atoms with E-state index in [2.05, 4.69) is 5.32 Å². The van der Waals surface area contributed by atoms with Gasteiger partial charge in [0.2, 0.25) is 0 Å². The zero-order valence-corrected chi connectivity index (χ0v) is 14.3. The van der Waals surface area contributed by atoms with Crippen molar-refractivity contribution in [3.63, 3.8) is 0 Å². The number of nitrogens with one attached hydrogen (secondary N) is 1. The number of benzene rings is 1. The highest BCUT2D eigenvalue weighted by atomic mass is 35.5. The molecule has 23 heavy (non-hydrogen) atoms. The van der Waals surface area contributed by atoms with E-state index in [4.69, 9.17) is 20.8 Å². The van der Waals surface area contributed by atoms with Crippen LogP contribution in [0.1, 0.15) is 22.7 Å². The molecule has 0 saturated carbocycles. The summed E-state index contributed by atoms with van der Waals surface area (Å²) in [6, 6.07) is 10.1. The quantitative estimate of drug-likeness (QED) is 0.739. The summed E-state index contributed by atoms with van der Waals surface area (Å²) >= 11 is 5.89. The Bertz CT molecular complexity index is 686. The van der Waals surface area contributed by atoms with Gasteiger partial charge in [0.05, 0.1) is 16.6 Å². The van der Waals surface area contributed by atoms with E-state index in [1.54, 1.807) is 43.5 Å². The number of halogens is 1. The minimum absolute atomic E-state index is 0.192. The first-order valence-corrected chi connectivity index (χ1v) is 8.79. The second-order valence-electron chi connectivity index (χ2n) is 4.82. The standard InChI is InChI=1S/C16H18ClNO4S/c1-21-9-3-8-18-16(19)15-7-6-13(22-15)11-23(20)14-5-2-4-12(17)10-14/h2,4-7,10H,3,8-9,11H2,1H3,(H,18,19). The molecule has 1 amide bonds. The lowest BCUT2D eigenvalue weighted by atomic mass is 10.4. The molecule has 0 aliphatic carbocycles. The van der Waals surface area contributed by atoms with Gasteiger partial charge in [0, 0.05) is 30.2 Å². The van der Waals surface area contributed by atoms with Crippen LogP contribution in [-0.4, -0.2) is 30.4 Å². The molecule has 0 aliphatic heterocycles. The first kappa shape index (κ1) is 17.7. The van der Waals surface area contributed by atoms with Crippen molar-refractivity contribution in [2.45, 2.75) is 17.1 Å². The van der Waals surface area contributed by atoms with Crippen molar-refractivity contribution < 1.29 is 18.2 Å². The van der Waals surface area contributed by atoms with Gasteiger partial charge in [-0.15, -0.1) is 0 Å². The highest BCUT2D eigenvalue weighted by Gasteiger charge is 2.13. The molecule has 0 aliphatic rings. The predicted octanol–water partition coefficient (Wildman–Crippen LogP) is 3.01. The Kier molecular flexibility index (Phi) is 6.83. The summed E-state index contributed by atoms with van der Waals surface area (Å²) < 4.78 is 22.6. The number of amides is 1. The van der Waals surface area contributed by atoms with Crippen LogP contribution < -0.4 is 5.32 Å². The van der Waals surface area contributed by atoms with Crippen LogP contribution >= 0.6 is 11.6 Å². The molecule has 0 radical (unpaired) electrons. The van der Waals surface area contributed by atoms with Crippen LogP contribution in [0.25, 0.3) is 0 Å². The molecule has 1 atom stereocenters. The van der Waals surface area contributed by atoms with E-state index >= 15 is 0 Å². The van der Waals surface area contributed by atoms with Crippen molar-refractivity contribution in [3.05, 3.63) is 52.9 Å². The zero-order chi connectivity index (χ0) is 16.7. The van der Waals surface area contributed by atoms with E-state index in [0.717, 1.165) is 6.42 Å². The first-order valence-electron chi connectivity index (χ1n) is 7.10. The third-order valence-electron chi connectivity index (χ3n) is 3.03. The SMILES string of the molecule is COCCCNC(=O)c1ccc(CS(=O)c2cccc(Cl)c2)o1. The zero-order valence-electron chi connectivity index (χ0n) is 12.7. The van der Waals surface area contributed by atoms with E-state index in [1.165, 1.54) is 0 Å². The lowest BCUT2D eigenvalue weighted by molar-refractivity contribution is 0.0919. The Balaban J connectivity index is 1.91. The van der Waals surface area contributed by atoms with Gasteiger partial charge in [-0.25, -0.2) is 0 Å². The van der Waals surface area contributed by atoms with Crippen molar-refractivity contribution in [2.75, 3.05) is 20.3 Å². The summed E-state index contributed by atoms with van der Waals surface area (Å²) in [4.78, 5) is 12.5. The van der Waals surface area contributed by atoms with Crippen molar-refractivity contribution in [1.82, 2.24) is 5.32 Å². The number of carbonyl (C=O) groups excluding carboxylic acids is 1. The summed E-state index contributed by atoms with van der Waals surface area (Å²) in [5.74, 6) is 0.601. The Morgan fingerprint density at radius 1 is 1.35 bits per heavy atom. The molecule has 0 saturated heterocycles. The molecule has 7 heteroatoms. The number of hydrogen-bond donors (Lipinski definition) is 1. The largest absolute Gasteiger partial charge is 0.455 e. The number of ether oxygens (including phenoxy) is 1. The summed E-state index contributed by atoms with van der Waals surface area (Å²) in [6.07, 6.45) is 0.731. The molecule has 1 aromatic heterocycles. The maximum absolute atomic E-state index is 12.3. The smallest absolute Gasteiger partial charge is 0.286 e. The summed E-state index contributed by atoms with van der Waals surface area (Å²) in [5.41, 5.74) is 0. The molecular weight excluding hydrogens is 338 g/mol. The summed E-state index contributed by atoms with van der Waals surface area (Å²) in [5, 5.41) is 3.27. The van der Waals surface area contributed by atoms with Crippen molar-refractivity contribution in [1.29, 1.82) is 0 Å². The highest BCUT2D eigenvalue weighted by Crippen LogP contribution is 2.18. The Labute approximate surface area is 142 Å². The van der Waals surface area contributed by atoms with Crippen LogP contribution in [0.2, 0.25) is 5.02 Å². The maximum atomic E-state index is 12.3. The van der Waals surface area contributed by atoms with Crippen LogP contribution in [0.4, 0.5) is 0 Å². The van der Waals surface area contributed by atoms with Gasteiger partial charge in [0.1, 0.15) is 5.76 Å². The molecule has 124 valence electrons. The lowest BCUT2D eigenvalue weighted by Crippen LogP contribution is -2.24. The second-order valence-corrected chi connectivity index (χ2v) is 6.70. The second kappa shape index (κ2) is 8.86. The van der Waals surface area contributed by atoms with Crippen molar-refractivity contribution >= 4 is 28.3 Å². The van der Waals surface area contributed by atoms with Gasteiger partial charge in [-0.05, 0) is 36.8 Å². The molecule has 2 aromatic rings. The first-order chi connectivity index (χ1) is 11.1. The summed E-state index contributed by atoms with van der Waals surface area (Å²) in [6.45, 7) is 1.10. The van der Waals surface area contributed by atoms with Gasteiger partial charge >= 0.3 is 0 Å². The Morgan fingerprint density at radius 2 is 2.17 bits per heavy atom. The van der Waals surface area contributed by atoms with E-state index < -0.39 is 10.8 Å². The van der Waals surface area contributed by atoms with E-state index in [0.29, 0.717) is 28.8 Å². The number of rotatable bonds is 8. The number of furan rings is 1.